The molecule has 4 unspecified atom stereocenters. The topological polar surface area (TPSA) is 412 Å². The number of phenols is 1. The first-order valence-corrected chi connectivity index (χ1v) is 29.7. The van der Waals surface area contributed by atoms with Crippen LogP contribution in [0, 0.1) is 35.5 Å². The maximum absolute atomic E-state index is 15.8. The summed E-state index contributed by atoms with van der Waals surface area (Å²) in [6, 6.07) is 4.02. The molecule has 26 heteroatoms. The number of primary amides is 1. The lowest BCUT2D eigenvalue weighted by Crippen LogP contribution is -2.62. The molecule has 464 valence electrons. The van der Waals surface area contributed by atoms with Crippen LogP contribution >= 0.6 is 11.8 Å². The van der Waals surface area contributed by atoms with Gasteiger partial charge in [-0.2, -0.15) is 0 Å². The van der Waals surface area contributed by atoms with E-state index in [2.05, 4.69) is 36.9 Å². The standard InChI is InChI=1S/C59H82N10O15S/c1-8-29(4)51-57(84)63-23-48(78)65-41-27-85-58-39(38-14-13-36(71)20-40(38)66-58)16-34(55(82)62-24-49(79)67-51)18-45(75)52(31(6)46(76)26-70)68-56(83)42-21-37(72)25-69(42)59(7,53(80)33(17-43(41)73)19-47(60)77)22-32-9-11-35(12-10-32)64-54(81)30(5)15-44(74)50(61)28(2)3/h9-14,20,28-31,33-34,37,41-42,46,50-52,66,70-72,76H,8,15-19,21-27,61H2,1-7H3,(H2,60,77)(H,62,82)(H,63,84)(H,64,81)(H,65,78)(H,67,79)(H,68,83)/t29-,30+,31-,33-,34?,37?,41?,42-,46-,50-,51-,52-,59?/m0/s1. The number of aliphatic hydroxyl groups is 3. The van der Waals surface area contributed by atoms with Crippen molar-refractivity contribution in [3.63, 3.8) is 0 Å². The van der Waals surface area contributed by atoms with Gasteiger partial charge < -0.3 is 68.8 Å². The summed E-state index contributed by atoms with van der Waals surface area (Å²) in [5, 5.41) is 60.1. The molecule has 0 radical (unpaired) electrons. The molecule has 6 rings (SSSR count). The Bertz CT molecular complexity index is 3010. The van der Waals surface area contributed by atoms with E-state index < -0.39 is 175 Å². The number of amides is 7. The van der Waals surface area contributed by atoms with E-state index >= 15 is 19.2 Å². The molecule has 85 heavy (non-hydrogen) atoms. The minimum atomic E-state index is -1.94. The van der Waals surface area contributed by atoms with Gasteiger partial charge in [0.15, 0.2) is 23.1 Å². The van der Waals surface area contributed by atoms with Gasteiger partial charge in [0.1, 0.15) is 11.8 Å². The van der Waals surface area contributed by atoms with Gasteiger partial charge in [0.25, 0.3) is 0 Å². The van der Waals surface area contributed by atoms with Crippen molar-refractivity contribution in [1.29, 1.82) is 0 Å². The number of β-amino-alcohol motifs (C(OH)–C–C–N with tert-alkyl or cyclic N) is 1. The molecule has 3 aliphatic rings. The molecule has 13 atom stereocenters. The fraction of sp³-hybridized carbons (Fsp3) is 0.576. The molecule has 2 aromatic carbocycles. The molecule has 0 aliphatic carbocycles. The molecule has 1 fully saturated rings. The molecule has 4 heterocycles. The highest BCUT2D eigenvalue weighted by molar-refractivity contribution is 7.99. The normalized spacial score (nSPS) is 26.5. The zero-order valence-electron chi connectivity index (χ0n) is 49.0. The minimum Gasteiger partial charge on any atom is -0.508 e. The van der Waals surface area contributed by atoms with E-state index in [-0.39, 0.29) is 55.4 Å². The summed E-state index contributed by atoms with van der Waals surface area (Å²) in [4.78, 5) is 161. The van der Waals surface area contributed by atoms with E-state index in [1.807, 2.05) is 0 Å². The van der Waals surface area contributed by atoms with Crippen LogP contribution in [-0.4, -0.2) is 175 Å². The Morgan fingerprint density at radius 1 is 0.847 bits per heavy atom. The average Bonchev–Trinajstić information content (AvgIpc) is 2.01. The number of Topliss-reactive ketones (excluding diaryl/α,β-unsaturated/α-hetero) is 4. The Morgan fingerprint density at radius 2 is 1.51 bits per heavy atom. The van der Waals surface area contributed by atoms with Gasteiger partial charge in [-0.3, -0.25) is 57.6 Å². The van der Waals surface area contributed by atoms with Crippen molar-refractivity contribution in [2.45, 2.75) is 153 Å². The van der Waals surface area contributed by atoms with Crippen molar-refractivity contribution >= 4 is 92.8 Å². The van der Waals surface area contributed by atoms with Crippen molar-refractivity contribution in [3.05, 3.63) is 53.6 Å². The van der Waals surface area contributed by atoms with Crippen LogP contribution < -0.4 is 43.4 Å². The summed E-state index contributed by atoms with van der Waals surface area (Å²) in [7, 11) is 0. The number of benzene rings is 2. The highest BCUT2D eigenvalue weighted by Crippen LogP contribution is 2.38. The summed E-state index contributed by atoms with van der Waals surface area (Å²) in [5.74, 6) is -14.3. The van der Waals surface area contributed by atoms with E-state index in [4.69, 9.17) is 11.5 Å². The largest absolute Gasteiger partial charge is 0.508 e. The van der Waals surface area contributed by atoms with E-state index in [0.29, 0.717) is 39.2 Å². The molecule has 3 aliphatic heterocycles. The Balaban J connectivity index is 1.52. The molecule has 25 nitrogen and oxygen atoms in total. The summed E-state index contributed by atoms with van der Waals surface area (Å²) < 4.78 is 0. The first-order chi connectivity index (χ1) is 40.0. The number of aliphatic hydroxyl groups excluding tert-OH is 3. The predicted octanol–water partition coefficient (Wildman–Crippen LogP) is -0.193. The van der Waals surface area contributed by atoms with Gasteiger partial charge in [-0.15, -0.1) is 11.8 Å². The SMILES string of the molecule is CC[C@H](C)[C@@H]1NC(=O)CNC(=O)C2CC(=O)[C@H]([C@@H](C)[C@@H](O)CO)NC(=O)[C@@H]3CC(O)CN3C(C)(Cc3ccc(NC(=O)[C@H](C)CC(=O)[C@@H](N)C(C)C)cc3)C(=O)[C@H](CC(N)=O)CC(=O)C(CSc3[nH]c4cc(O)ccc4c3C2)NC(=O)CNC1=O. The number of ketones is 4. The number of thioether (sulfide) groups is 1. The number of aromatic nitrogens is 1. The second kappa shape index (κ2) is 29.3. The van der Waals surface area contributed by atoms with Crippen LogP contribution in [0.25, 0.3) is 10.9 Å². The second-order valence-electron chi connectivity index (χ2n) is 23.6. The van der Waals surface area contributed by atoms with Crippen LogP contribution in [-0.2, 0) is 65.6 Å². The molecule has 0 spiro atoms. The number of hydrogen-bond donors (Lipinski definition) is 13. The van der Waals surface area contributed by atoms with E-state index in [1.165, 1.54) is 30.9 Å². The van der Waals surface area contributed by atoms with Gasteiger partial charge in [-0.25, -0.2) is 0 Å². The van der Waals surface area contributed by atoms with Crippen molar-refractivity contribution < 1.29 is 73.2 Å². The quantitative estimate of drug-likeness (QED) is 0.0937. The van der Waals surface area contributed by atoms with Crippen molar-refractivity contribution in [2.24, 2.45) is 47.0 Å². The zero-order valence-corrected chi connectivity index (χ0v) is 49.8. The smallest absolute Gasteiger partial charge is 0.243 e. The summed E-state index contributed by atoms with van der Waals surface area (Å²) in [6.45, 7) is 8.90. The number of aromatic hydroxyl groups is 1. The number of H-pyrrole nitrogens is 1. The lowest BCUT2D eigenvalue weighted by Gasteiger charge is -2.43. The molecule has 2 bridgehead atoms. The number of aromatic amines is 1. The number of carbonyl (C=O) groups is 11. The van der Waals surface area contributed by atoms with E-state index in [9.17, 15) is 54.0 Å². The van der Waals surface area contributed by atoms with E-state index in [0.717, 1.165) is 11.8 Å². The first kappa shape index (κ1) is 67.0. The van der Waals surface area contributed by atoms with Gasteiger partial charge in [0.05, 0.1) is 72.2 Å². The number of nitrogens with one attached hydrogen (secondary N) is 7. The summed E-state index contributed by atoms with van der Waals surface area (Å²) >= 11 is 0.991. The Kier molecular flexibility index (Phi) is 23.1. The number of anilines is 1. The van der Waals surface area contributed by atoms with Gasteiger partial charge in [-0.1, -0.05) is 60.1 Å². The molecule has 1 saturated heterocycles. The fourth-order valence-electron chi connectivity index (χ4n) is 11.2. The second-order valence-corrected chi connectivity index (χ2v) is 24.6. The van der Waals surface area contributed by atoms with Crippen LogP contribution in [0.15, 0.2) is 47.5 Å². The zero-order chi connectivity index (χ0) is 62.8. The maximum atomic E-state index is 15.8. The Hall–Kier alpha value is -7.10. The predicted molar refractivity (Wildman–Crippen MR) is 313 cm³/mol. The van der Waals surface area contributed by atoms with Crippen LogP contribution in [0.3, 0.4) is 0 Å². The number of fused-ring (bicyclic) bond motifs is 5. The third kappa shape index (κ3) is 16.9. The molecule has 15 N–H and O–H groups in total. The molecule has 0 saturated carbocycles. The van der Waals surface area contributed by atoms with Crippen molar-refractivity contribution in [3.8, 4) is 5.75 Å². The first-order valence-electron chi connectivity index (χ1n) is 28.8. The third-order valence-electron chi connectivity index (χ3n) is 16.7. The molecule has 7 amide bonds. The number of rotatable bonds is 15. The van der Waals surface area contributed by atoms with Crippen LogP contribution in [0.5, 0.6) is 5.75 Å². The molecule has 3 aromatic rings. The maximum Gasteiger partial charge on any atom is 0.243 e. The average molecular weight is 1200 g/mol. The number of phenolic OH excluding ortho intramolecular Hbond substituents is 1. The lowest BCUT2D eigenvalue weighted by molar-refractivity contribution is -0.143. The minimum absolute atomic E-state index is 0.107. The third-order valence-corrected chi connectivity index (χ3v) is 17.8. The number of carbonyl (C=O) groups excluding carboxylic acids is 11. The highest BCUT2D eigenvalue weighted by atomic mass is 32.2. The Morgan fingerprint density at radius 3 is 2.14 bits per heavy atom. The summed E-state index contributed by atoms with van der Waals surface area (Å²) in [5.41, 5.74) is 11.4. The van der Waals surface area contributed by atoms with Gasteiger partial charge in [-0.05, 0) is 73.4 Å². The van der Waals surface area contributed by atoms with Crippen LogP contribution in [0.2, 0.25) is 0 Å². The molecular formula is C59H82N10O15S. The van der Waals surface area contributed by atoms with Gasteiger partial charge in [0.2, 0.25) is 41.4 Å². The van der Waals surface area contributed by atoms with Gasteiger partial charge >= 0.3 is 0 Å². The van der Waals surface area contributed by atoms with Crippen molar-refractivity contribution in [2.75, 3.05) is 37.3 Å². The number of nitrogens with zero attached hydrogens (tertiary/aromatic N) is 1. The lowest BCUT2D eigenvalue weighted by atomic mass is 9.77. The number of nitrogens with two attached hydrogens (primary N) is 2. The van der Waals surface area contributed by atoms with Gasteiger partial charge in [0, 0.05) is 78.8 Å². The fourth-order valence-corrected chi connectivity index (χ4v) is 12.4. The summed E-state index contributed by atoms with van der Waals surface area (Å²) in [6.07, 6.45) is -5.66. The monoisotopic (exact) mass is 1200 g/mol. The molecule has 1 aromatic heterocycles. The highest BCUT2D eigenvalue weighted by Gasteiger charge is 2.52. The van der Waals surface area contributed by atoms with Crippen LogP contribution in [0.1, 0.15) is 98.1 Å². The number of hydrogen-bond acceptors (Lipinski definition) is 18. The van der Waals surface area contributed by atoms with E-state index in [1.54, 1.807) is 65.0 Å². The van der Waals surface area contributed by atoms with Crippen LogP contribution in [0.4, 0.5) is 5.69 Å². The van der Waals surface area contributed by atoms with Crippen molar-refractivity contribution in [1.82, 2.24) is 36.5 Å². The Labute approximate surface area is 497 Å². The molecular weight excluding hydrogens is 1120 g/mol.